The minimum Gasteiger partial charge on any atom is -0.325 e. The Kier molecular flexibility index (Phi) is 8.54. The minimum absolute atomic E-state index is 0.124. The monoisotopic (exact) mass is 502 g/mol. The summed E-state index contributed by atoms with van der Waals surface area (Å²) in [5.41, 5.74) is 3.57. The molecule has 2 atom stereocenters. The van der Waals surface area contributed by atoms with Gasteiger partial charge in [0.25, 0.3) is 0 Å². The van der Waals surface area contributed by atoms with Crippen molar-refractivity contribution < 1.29 is 9.18 Å². The van der Waals surface area contributed by atoms with E-state index >= 15 is 0 Å². The quantitative estimate of drug-likeness (QED) is 0.238. The largest absolute Gasteiger partial charge is 0.325 e. The number of anilines is 1. The Morgan fingerprint density at radius 1 is 0.972 bits per heavy atom. The molecule has 0 fully saturated rings. The standard InChI is InChI=1S/C29H31FN4OS/c1-4-20(2)23-14-16-24(17-15-23)31-28(35)21(3)36-29-33-32-27(25-12-8-9-13-26(25)30)34(29)19-18-22-10-6-5-7-11-22/h5-17,20-21H,4,18-19H2,1-3H3,(H,31,35)/t20-,21+/m1/s1. The van der Waals surface area contributed by atoms with Gasteiger partial charge in [-0.1, -0.05) is 80.2 Å². The van der Waals surface area contributed by atoms with Gasteiger partial charge >= 0.3 is 0 Å². The van der Waals surface area contributed by atoms with Crippen molar-refractivity contribution in [3.63, 3.8) is 0 Å². The number of benzene rings is 3. The van der Waals surface area contributed by atoms with E-state index in [0.29, 0.717) is 29.0 Å². The zero-order valence-electron chi connectivity index (χ0n) is 20.8. The molecule has 4 rings (SSSR count). The first kappa shape index (κ1) is 25.6. The second-order valence-electron chi connectivity index (χ2n) is 8.85. The van der Waals surface area contributed by atoms with Gasteiger partial charge in [-0.05, 0) is 61.1 Å². The highest BCUT2D eigenvalue weighted by Gasteiger charge is 2.22. The van der Waals surface area contributed by atoms with Crippen LogP contribution in [0.4, 0.5) is 10.1 Å². The maximum Gasteiger partial charge on any atom is 0.237 e. The Morgan fingerprint density at radius 2 is 1.67 bits per heavy atom. The number of carbonyl (C=O) groups is 1. The lowest BCUT2D eigenvalue weighted by Crippen LogP contribution is -2.23. The van der Waals surface area contributed by atoms with Crippen molar-refractivity contribution in [2.24, 2.45) is 0 Å². The Labute approximate surface area is 216 Å². The van der Waals surface area contributed by atoms with Crippen molar-refractivity contribution in [1.82, 2.24) is 14.8 Å². The molecule has 0 saturated heterocycles. The molecule has 0 aliphatic carbocycles. The third-order valence-corrected chi connectivity index (χ3v) is 7.39. The number of aryl methyl sites for hydroxylation is 1. The number of halogens is 1. The van der Waals surface area contributed by atoms with Crippen molar-refractivity contribution in [3.05, 3.63) is 95.8 Å². The van der Waals surface area contributed by atoms with Crippen LogP contribution in [0.25, 0.3) is 11.4 Å². The van der Waals surface area contributed by atoms with Crippen molar-refractivity contribution >= 4 is 23.4 Å². The lowest BCUT2D eigenvalue weighted by Gasteiger charge is -2.15. The number of aromatic nitrogens is 3. The zero-order valence-corrected chi connectivity index (χ0v) is 21.6. The van der Waals surface area contributed by atoms with E-state index in [2.05, 4.69) is 53.6 Å². The van der Waals surface area contributed by atoms with Gasteiger partial charge in [0, 0.05) is 12.2 Å². The summed E-state index contributed by atoms with van der Waals surface area (Å²) in [5, 5.41) is 11.8. The van der Waals surface area contributed by atoms with Crippen molar-refractivity contribution in [1.29, 1.82) is 0 Å². The van der Waals surface area contributed by atoms with Crippen molar-refractivity contribution in [3.8, 4) is 11.4 Å². The maximum atomic E-state index is 14.6. The number of hydrogen-bond donors (Lipinski definition) is 1. The van der Waals surface area contributed by atoms with Crippen LogP contribution < -0.4 is 5.32 Å². The van der Waals surface area contributed by atoms with Gasteiger partial charge in [0.05, 0.1) is 10.8 Å². The third-order valence-electron chi connectivity index (χ3n) is 6.31. The van der Waals surface area contributed by atoms with Crippen LogP contribution in [0.3, 0.4) is 0 Å². The molecular weight excluding hydrogens is 471 g/mol. The molecule has 1 heterocycles. The third kappa shape index (κ3) is 6.21. The molecule has 0 spiro atoms. The van der Waals surface area contributed by atoms with Crippen LogP contribution in [-0.2, 0) is 17.8 Å². The summed E-state index contributed by atoms with van der Waals surface area (Å²) in [4.78, 5) is 13.0. The van der Waals surface area contributed by atoms with Gasteiger partial charge < -0.3 is 9.88 Å². The molecule has 4 aromatic rings. The lowest BCUT2D eigenvalue weighted by atomic mass is 9.99. The zero-order chi connectivity index (χ0) is 25.5. The average molecular weight is 503 g/mol. The van der Waals surface area contributed by atoms with Crippen LogP contribution in [0, 0.1) is 5.82 Å². The van der Waals surface area contributed by atoms with Crippen LogP contribution in [-0.4, -0.2) is 25.9 Å². The van der Waals surface area contributed by atoms with Gasteiger partial charge in [-0.2, -0.15) is 0 Å². The SMILES string of the molecule is CC[C@@H](C)c1ccc(NC(=O)[C@H](C)Sc2nnc(-c3ccccc3F)n2CCc2ccccc2)cc1. The Morgan fingerprint density at radius 3 is 2.36 bits per heavy atom. The van der Waals surface area contributed by atoms with Crippen LogP contribution in [0.15, 0.2) is 84.0 Å². The molecule has 7 heteroatoms. The van der Waals surface area contributed by atoms with Gasteiger partial charge in [-0.3, -0.25) is 4.79 Å². The normalized spacial score (nSPS) is 12.8. The van der Waals surface area contributed by atoms with E-state index in [1.807, 2.05) is 41.8 Å². The highest BCUT2D eigenvalue weighted by Crippen LogP contribution is 2.29. The van der Waals surface area contributed by atoms with E-state index in [1.54, 1.807) is 18.2 Å². The van der Waals surface area contributed by atoms with Gasteiger partial charge in [0.2, 0.25) is 5.91 Å². The summed E-state index contributed by atoms with van der Waals surface area (Å²) in [5.74, 6) is 0.463. The number of thioether (sulfide) groups is 1. The molecule has 0 aliphatic rings. The Bertz CT molecular complexity index is 1290. The fraction of sp³-hybridized carbons (Fsp3) is 0.276. The fourth-order valence-corrected chi connectivity index (χ4v) is 4.77. The fourth-order valence-electron chi connectivity index (χ4n) is 3.89. The molecule has 186 valence electrons. The first-order chi connectivity index (χ1) is 17.5. The second kappa shape index (κ2) is 12.0. The first-order valence-electron chi connectivity index (χ1n) is 12.3. The molecular formula is C29H31FN4OS. The van der Waals surface area contributed by atoms with E-state index < -0.39 is 5.25 Å². The van der Waals surface area contributed by atoms with E-state index in [9.17, 15) is 9.18 Å². The summed E-state index contributed by atoms with van der Waals surface area (Å²) in [6.07, 6.45) is 1.80. The number of rotatable bonds is 10. The van der Waals surface area contributed by atoms with Gasteiger partial charge in [0.1, 0.15) is 5.82 Å². The predicted octanol–water partition coefficient (Wildman–Crippen LogP) is 6.96. The first-order valence-corrected chi connectivity index (χ1v) is 13.1. The maximum absolute atomic E-state index is 14.6. The summed E-state index contributed by atoms with van der Waals surface area (Å²) in [7, 11) is 0. The number of nitrogens with one attached hydrogen (secondary N) is 1. The number of nitrogens with zero attached hydrogens (tertiary/aromatic N) is 3. The molecule has 0 aliphatic heterocycles. The molecule has 0 radical (unpaired) electrons. The average Bonchev–Trinajstić information content (AvgIpc) is 3.30. The van der Waals surface area contributed by atoms with E-state index in [-0.39, 0.29) is 11.7 Å². The summed E-state index contributed by atoms with van der Waals surface area (Å²) < 4.78 is 16.5. The molecule has 1 amide bonds. The number of hydrogen-bond acceptors (Lipinski definition) is 4. The topological polar surface area (TPSA) is 59.8 Å². The van der Waals surface area contributed by atoms with Crippen LogP contribution in [0.1, 0.15) is 44.2 Å². The summed E-state index contributed by atoms with van der Waals surface area (Å²) in [6.45, 7) is 6.76. The second-order valence-corrected chi connectivity index (χ2v) is 10.2. The molecule has 0 unspecified atom stereocenters. The van der Waals surface area contributed by atoms with Gasteiger partial charge in [-0.15, -0.1) is 10.2 Å². The molecule has 0 bridgehead atoms. The molecule has 1 N–H and O–H groups in total. The van der Waals surface area contributed by atoms with Gasteiger partial charge in [-0.25, -0.2) is 4.39 Å². The Hall–Kier alpha value is -3.45. The van der Waals surface area contributed by atoms with Gasteiger partial charge in [0.15, 0.2) is 11.0 Å². The number of amides is 1. The molecule has 36 heavy (non-hydrogen) atoms. The van der Waals surface area contributed by atoms with Crippen molar-refractivity contribution in [2.45, 2.75) is 56.5 Å². The highest BCUT2D eigenvalue weighted by atomic mass is 32.2. The molecule has 1 aromatic heterocycles. The molecule has 0 saturated carbocycles. The lowest BCUT2D eigenvalue weighted by molar-refractivity contribution is -0.115. The predicted molar refractivity (Wildman–Crippen MR) is 145 cm³/mol. The smallest absolute Gasteiger partial charge is 0.237 e. The summed E-state index contributed by atoms with van der Waals surface area (Å²) in [6, 6.07) is 24.6. The van der Waals surface area contributed by atoms with Crippen LogP contribution in [0.2, 0.25) is 0 Å². The van der Waals surface area contributed by atoms with E-state index in [4.69, 9.17) is 0 Å². The van der Waals surface area contributed by atoms with Crippen LogP contribution >= 0.6 is 11.8 Å². The highest BCUT2D eigenvalue weighted by molar-refractivity contribution is 8.00. The van der Waals surface area contributed by atoms with Crippen molar-refractivity contribution in [2.75, 3.05) is 5.32 Å². The van der Waals surface area contributed by atoms with Crippen LogP contribution in [0.5, 0.6) is 0 Å². The molecule has 5 nitrogen and oxygen atoms in total. The summed E-state index contributed by atoms with van der Waals surface area (Å²) >= 11 is 1.32. The molecule has 3 aromatic carbocycles. The minimum atomic E-state index is -0.424. The Balaban J connectivity index is 1.52. The number of carbonyl (C=O) groups excluding carboxylic acids is 1. The van der Waals surface area contributed by atoms with E-state index in [0.717, 1.165) is 24.1 Å². The van der Waals surface area contributed by atoms with E-state index in [1.165, 1.54) is 23.4 Å².